The van der Waals surface area contributed by atoms with E-state index in [1.165, 1.54) is 12.1 Å². The van der Waals surface area contributed by atoms with Gasteiger partial charge in [0.2, 0.25) is 10.0 Å². The Kier molecular flexibility index (Phi) is 6.82. The Morgan fingerprint density at radius 1 is 1.15 bits per heavy atom. The highest BCUT2D eigenvalue weighted by Gasteiger charge is 2.09. The average Bonchev–Trinajstić information content (AvgIpc) is 2.57. The molecule has 0 aromatic heterocycles. The summed E-state index contributed by atoms with van der Waals surface area (Å²) in [6.07, 6.45) is 0.517. The molecule has 0 atom stereocenters. The van der Waals surface area contributed by atoms with Gasteiger partial charge in [0.15, 0.2) is 6.61 Å². The molecular weight excluding hydrogens is 383 g/mol. The number of ether oxygens (including phenoxy) is 1. The van der Waals surface area contributed by atoms with Crippen LogP contribution in [0.5, 0.6) is 5.75 Å². The van der Waals surface area contributed by atoms with Crippen LogP contribution in [0.1, 0.15) is 13.3 Å². The Bertz CT molecular complexity index is 873. The first-order chi connectivity index (χ1) is 12.3. The van der Waals surface area contributed by atoms with Crippen molar-refractivity contribution in [2.45, 2.75) is 13.3 Å². The maximum atomic E-state index is 13.1. The molecule has 0 spiro atoms. The highest BCUT2D eigenvalue weighted by Crippen LogP contribution is 2.21. The summed E-state index contributed by atoms with van der Waals surface area (Å²) in [7, 11) is -3.36. The van der Waals surface area contributed by atoms with Crippen molar-refractivity contribution in [3.8, 4) is 5.75 Å². The number of benzene rings is 2. The summed E-state index contributed by atoms with van der Waals surface area (Å²) >= 11 is 5.63. The summed E-state index contributed by atoms with van der Waals surface area (Å²) in [6, 6.07) is 10.0. The molecule has 140 valence electrons. The minimum Gasteiger partial charge on any atom is -0.484 e. The zero-order valence-corrected chi connectivity index (χ0v) is 15.5. The maximum Gasteiger partial charge on any atom is 0.262 e. The SMILES string of the molecule is CCCS(=O)(=O)Nc1ccc(NC(=O)COc2ccc(F)c(Cl)c2)cc1. The van der Waals surface area contributed by atoms with Crippen LogP contribution in [0.4, 0.5) is 15.8 Å². The van der Waals surface area contributed by atoms with Crippen molar-refractivity contribution in [3.05, 3.63) is 53.3 Å². The first kappa shape index (κ1) is 20.0. The molecular formula is C17H18ClFN2O4S. The smallest absolute Gasteiger partial charge is 0.262 e. The lowest BCUT2D eigenvalue weighted by atomic mass is 10.3. The molecule has 0 heterocycles. The highest BCUT2D eigenvalue weighted by molar-refractivity contribution is 7.92. The number of sulfonamides is 1. The van der Waals surface area contributed by atoms with E-state index in [1.54, 1.807) is 31.2 Å². The summed E-state index contributed by atoms with van der Waals surface area (Å²) in [5.41, 5.74) is 0.892. The maximum absolute atomic E-state index is 13.1. The van der Waals surface area contributed by atoms with E-state index in [1.807, 2.05) is 0 Å². The summed E-state index contributed by atoms with van der Waals surface area (Å²) in [4.78, 5) is 11.9. The third kappa shape index (κ3) is 6.20. The lowest BCUT2D eigenvalue weighted by Crippen LogP contribution is -2.20. The standard InChI is InChI=1S/C17H18ClFN2O4S/c1-2-9-26(23,24)21-13-5-3-12(4-6-13)20-17(22)11-25-14-7-8-16(19)15(18)10-14/h3-8,10,21H,2,9,11H2,1H3,(H,20,22). The lowest BCUT2D eigenvalue weighted by Gasteiger charge is -2.10. The highest BCUT2D eigenvalue weighted by atomic mass is 35.5. The topological polar surface area (TPSA) is 84.5 Å². The van der Waals surface area contributed by atoms with Crippen LogP contribution in [-0.2, 0) is 14.8 Å². The monoisotopic (exact) mass is 400 g/mol. The molecule has 2 aromatic rings. The molecule has 2 rings (SSSR count). The van der Waals surface area contributed by atoms with Crippen LogP contribution in [0.15, 0.2) is 42.5 Å². The molecule has 0 fully saturated rings. The summed E-state index contributed by atoms with van der Waals surface area (Å²) in [5, 5.41) is 2.51. The van der Waals surface area contributed by atoms with Crippen LogP contribution in [0, 0.1) is 5.82 Å². The Hall–Kier alpha value is -2.32. The fraction of sp³-hybridized carbons (Fsp3) is 0.235. The number of halogens is 2. The average molecular weight is 401 g/mol. The molecule has 0 aliphatic rings. The Morgan fingerprint density at radius 2 is 1.81 bits per heavy atom. The molecule has 0 saturated carbocycles. The molecule has 6 nitrogen and oxygen atoms in total. The van der Waals surface area contributed by atoms with Crippen molar-refractivity contribution >= 4 is 38.9 Å². The summed E-state index contributed by atoms with van der Waals surface area (Å²) in [6.45, 7) is 1.49. The van der Waals surface area contributed by atoms with Gasteiger partial charge in [-0.15, -0.1) is 0 Å². The molecule has 2 N–H and O–H groups in total. The van der Waals surface area contributed by atoms with Crippen LogP contribution < -0.4 is 14.8 Å². The number of hydrogen-bond donors (Lipinski definition) is 2. The Morgan fingerprint density at radius 3 is 2.42 bits per heavy atom. The van der Waals surface area contributed by atoms with Gasteiger partial charge in [0.25, 0.3) is 5.91 Å². The van der Waals surface area contributed by atoms with E-state index in [9.17, 15) is 17.6 Å². The van der Waals surface area contributed by atoms with Crippen LogP contribution in [-0.4, -0.2) is 26.7 Å². The van der Waals surface area contributed by atoms with Gasteiger partial charge in [-0.3, -0.25) is 9.52 Å². The van der Waals surface area contributed by atoms with E-state index in [4.69, 9.17) is 16.3 Å². The second kappa shape index (κ2) is 8.86. The van der Waals surface area contributed by atoms with Gasteiger partial charge in [0.05, 0.1) is 10.8 Å². The van der Waals surface area contributed by atoms with Gasteiger partial charge < -0.3 is 10.1 Å². The molecule has 0 unspecified atom stereocenters. The van der Waals surface area contributed by atoms with Gasteiger partial charge in [0.1, 0.15) is 11.6 Å². The zero-order chi connectivity index (χ0) is 19.2. The normalized spacial score (nSPS) is 11.0. The minimum absolute atomic E-state index is 0.0379. The number of amides is 1. The van der Waals surface area contributed by atoms with E-state index in [0.29, 0.717) is 17.8 Å². The third-order valence-corrected chi connectivity index (χ3v) is 4.96. The van der Waals surface area contributed by atoms with Crippen molar-refractivity contribution in [2.24, 2.45) is 0 Å². The van der Waals surface area contributed by atoms with Crippen molar-refractivity contribution in [1.82, 2.24) is 0 Å². The predicted molar refractivity (Wildman–Crippen MR) is 99.7 cm³/mol. The predicted octanol–water partition coefficient (Wildman–Crippen LogP) is 3.65. The quantitative estimate of drug-likeness (QED) is 0.708. The summed E-state index contributed by atoms with van der Waals surface area (Å²) in [5.74, 6) is -0.689. The Labute approximate surface area is 156 Å². The third-order valence-electron chi connectivity index (χ3n) is 3.18. The zero-order valence-electron chi connectivity index (χ0n) is 14.0. The van der Waals surface area contributed by atoms with Crippen molar-refractivity contribution in [3.63, 3.8) is 0 Å². The van der Waals surface area contributed by atoms with Gasteiger partial charge in [-0.25, -0.2) is 12.8 Å². The molecule has 9 heteroatoms. The number of hydrogen-bond acceptors (Lipinski definition) is 4. The number of rotatable bonds is 8. The van der Waals surface area contributed by atoms with Crippen LogP contribution in [0.25, 0.3) is 0 Å². The van der Waals surface area contributed by atoms with E-state index >= 15 is 0 Å². The summed E-state index contributed by atoms with van der Waals surface area (Å²) < 4.78 is 44.1. The van der Waals surface area contributed by atoms with Gasteiger partial charge in [-0.05, 0) is 42.8 Å². The Balaban J connectivity index is 1.88. The molecule has 0 aliphatic carbocycles. The minimum atomic E-state index is -3.36. The number of nitrogens with one attached hydrogen (secondary N) is 2. The van der Waals surface area contributed by atoms with Gasteiger partial charge >= 0.3 is 0 Å². The number of carbonyl (C=O) groups excluding carboxylic acids is 1. The number of carbonyl (C=O) groups is 1. The molecule has 0 aliphatic heterocycles. The van der Waals surface area contributed by atoms with Crippen LogP contribution in [0.3, 0.4) is 0 Å². The second-order valence-electron chi connectivity index (χ2n) is 5.41. The molecule has 0 radical (unpaired) electrons. The van der Waals surface area contributed by atoms with Crippen molar-refractivity contribution in [2.75, 3.05) is 22.4 Å². The molecule has 2 aromatic carbocycles. The van der Waals surface area contributed by atoms with Crippen LogP contribution in [0.2, 0.25) is 5.02 Å². The second-order valence-corrected chi connectivity index (χ2v) is 7.66. The van der Waals surface area contributed by atoms with Gasteiger partial charge in [0, 0.05) is 17.4 Å². The van der Waals surface area contributed by atoms with Crippen molar-refractivity contribution in [1.29, 1.82) is 0 Å². The van der Waals surface area contributed by atoms with Crippen molar-refractivity contribution < 1.29 is 22.3 Å². The van der Waals surface area contributed by atoms with E-state index in [2.05, 4.69) is 10.0 Å². The van der Waals surface area contributed by atoms with E-state index in [0.717, 1.165) is 6.07 Å². The molecule has 0 saturated heterocycles. The fourth-order valence-electron chi connectivity index (χ4n) is 2.03. The molecule has 1 amide bonds. The lowest BCUT2D eigenvalue weighted by molar-refractivity contribution is -0.118. The first-order valence-electron chi connectivity index (χ1n) is 7.77. The largest absolute Gasteiger partial charge is 0.484 e. The van der Waals surface area contributed by atoms with E-state index in [-0.39, 0.29) is 23.1 Å². The van der Waals surface area contributed by atoms with Crippen LogP contribution >= 0.6 is 11.6 Å². The molecule has 0 bridgehead atoms. The first-order valence-corrected chi connectivity index (χ1v) is 9.80. The van der Waals surface area contributed by atoms with E-state index < -0.39 is 21.7 Å². The molecule has 26 heavy (non-hydrogen) atoms. The fourth-order valence-corrected chi connectivity index (χ4v) is 3.34. The van der Waals surface area contributed by atoms with Gasteiger partial charge in [-0.1, -0.05) is 18.5 Å². The number of anilines is 2. The van der Waals surface area contributed by atoms with Gasteiger partial charge in [-0.2, -0.15) is 0 Å².